The number of thioether (sulfide) groups is 1. The van der Waals surface area contributed by atoms with Gasteiger partial charge in [0.25, 0.3) is 11.6 Å². The molecule has 1 N–H and O–H groups in total. The van der Waals surface area contributed by atoms with Crippen LogP contribution in [0, 0.1) is 10.1 Å². The molecule has 0 spiro atoms. The molecule has 8 nitrogen and oxygen atoms in total. The highest BCUT2D eigenvalue weighted by atomic mass is 32.2. The van der Waals surface area contributed by atoms with Crippen LogP contribution < -0.4 is 10.2 Å². The number of nitrogens with one attached hydrogen (secondary N) is 1. The molecule has 2 aromatic rings. The van der Waals surface area contributed by atoms with E-state index in [4.69, 9.17) is 0 Å². The number of carbonyl (C=O) groups excluding carboxylic acids is 1. The van der Waals surface area contributed by atoms with Crippen LogP contribution in [0.15, 0.2) is 35.2 Å². The number of anilines is 2. The minimum atomic E-state index is -0.443. The summed E-state index contributed by atoms with van der Waals surface area (Å²) in [7, 11) is 0. The first-order chi connectivity index (χ1) is 13.6. The number of nitro benzene ring substituents is 1. The van der Waals surface area contributed by atoms with E-state index in [1.54, 1.807) is 18.2 Å². The minimum Gasteiger partial charge on any atom is -0.366 e. The van der Waals surface area contributed by atoms with E-state index in [1.165, 1.54) is 29.2 Å². The molecule has 0 bridgehead atoms. The van der Waals surface area contributed by atoms with Gasteiger partial charge in [-0.3, -0.25) is 20.2 Å². The molecule has 1 aliphatic heterocycles. The van der Waals surface area contributed by atoms with Crippen molar-refractivity contribution in [1.82, 2.24) is 10.2 Å². The summed E-state index contributed by atoms with van der Waals surface area (Å²) in [4.78, 5) is 25.7. The van der Waals surface area contributed by atoms with E-state index in [9.17, 15) is 14.9 Å². The van der Waals surface area contributed by atoms with Crippen LogP contribution in [0.25, 0.3) is 0 Å². The number of hydrogen-bond donors (Lipinski definition) is 1. The predicted molar refractivity (Wildman–Crippen MR) is 113 cm³/mol. The molecule has 1 amide bonds. The Morgan fingerprint density at radius 2 is 2.07 bits per heavy atom. The SMILES string of the molecule is C=CCSc1nnc(NC(=O)c2ccc(N3CCCCCC3)c([N+](=O)[O-])c2)s1. The van der Waals surface area contributed by atoms with Gasteiger partial charge in [-0.2, -0.15) is 0 Å². The third kappa shape index (κ3) is 5.08. The fraction of sp³-hybridized carbons (Fsp3) is 0.389. The van der Waals surface area contributed by atoms with Crippen molar-refractivity contribution in [1.29, 1.82) is 0 Å². The molecule has 148 valence electrons. The zero-order valence-corrected chi connectivity index (χ0v) is 16.9. The fourth-order valence-corrected chi connectivity index (χ4v) is 4.52. The average molecular weight is 420 g/mol. The molecule has 0 unspecified atom stereocenters. The average Bonchev–Trinajstić information content (AvgIpc) is 2.96. The smallest absolute Gasteiger partial charge is 0.293 e. The van der Waals surface area contributed by atoms with Crippen LogP contribution in [0.3, 0.4) is 0 Å². The molecule has 0 radical (unpaired) electrons. The molecule has 0 saturated carbocycles. The van der Waals surface area contributed by atoms with Crippen molar-refractivity contribution in [2.45, 2.75) is 30.0 Å². The summed E-state index contributed by atoms with van der Waals surface area (Å²) >= 11 is 2.72. The van der Waals surface area contributed by atoms with Crippen molar-refractivity contribution < 1.29 is 9.72 Å². The minimum absolute atomic E-state index is 0.0472. The molecule has 1 aromatic carbocycles. The molecule has 3 rings (SSSR count). The number of nitrogens with zero attached hydrogens (tertiary/aromatic N) is 4. The maximum absolute atomic E-state index is 12.5. The van der Waals surface area contributed by atoms with Crippen molar-refractivity contribution in [3.63, 3.8) is 0 Å². The van der Waals surface area contributed by atoms with Gasteiger partial charge in [-0.1, -0.05) is 42.0 Å². The standard InChI is InChI=1S/C18H21N5O3S2/c1-2-11-27-18-21-20-17(28-18)19-16(24)13-7-8-14(15(12-13)23(25)26)22-9-5-3-4-6-10-22/h2,7-8,12H,1,3-6,9-11H2,(H,19,20,24). The summed E-state index contributed by atoms with van der Waals surface area (Å²) in [5, 5.41) is 22.5. The van der Waals surface area contributed by atoms with Crippen LogP contribution >= 0.6 is 23.1 Å². The molecule has 1 aliphatic rings. The molecular weight excluding hydrogens is 398 g/mol. The van der Waals surface area contributed by atoms with Gasteiger partial charge in [-0.15, -0.1) is 16.8 Å². The summed E-state index contributed by atoms with van der Waals surface area (Å²) in [6.07, 6.45) is 6.07. The quantitative estimate of drug-likeness (QED) is 0.234. The van der Waals surface area contributed by atoms with Gasteiger partial charge in [0, 0.05) is 30.5 Å². The Kier molecular flexibility index (Phi) is 6.99. The summed E-state index contributed by atoms with van der Waals surface area (Å²) in [5.74, 6) is 0.258. The molecule has 2 heterocycles. The third-order valence-corrected chi connectivity index (χ3v) is 6.30. The zero-order chi connectivity index (χ0) is 19.9. The maximum Gasteiger partial charge on any atom is 0.293 e. The van der Waals surface area contributed by atoms with Gasteiger partial charge in [0.05, 0.1) is 4.92 Å². The van der Waals surface area contributed by atoms with E-state index >= 15 is 0 Å². The predicted octanol–water partition coefficient (Wildman–Crippen LogP) is 4.36. The molecule has 0 atom stereocenters. The Balaban J connectivity index is 1.77. The first kappa shape index (κ1) is 20.3. The summed E-state index contributed by atoms with van der Waals surface area (Å²) in [5.41, 5.74) is 0.747. The van der Waals surface area contributed by atoms with Crippen molar-refractivity contribution in [2.75, 3.05) is 29.1 Å². The second kappa shape index (κ2) is 9.65. The topological polar surface area (TPSA) is 101 Å². The van der Waals surface area contributed by atoms with Crippen LogP contribution in [0.2, 0.25) is 0 Å². The van der Waals surface area contributed by atoms with Gasteiger partial charge in [0.15, 0.2) is 4.34 Å². The van der Waals surface area contributed by atoms with Gasteiger partial charge >= 0.3 is 0 Å². The van der Waals surface area contributed by atoms with E-state index in [2.05, 4.69) is 22.1 Å². The van der Waals surface area contributed by atoms with E-state index in [-0.39, 0.29) is 11.3 Å². The second-order valence-corrected chi connectivity index (χ2v) is 8.53. The maximum atomic E-state index is 12.5. The van der Waals surface area contributed by atoms with E-state index in [1.807, 2.05) is 4.90 Å². The Hall–Kier alpha value is -2.46. The molecule has 10 heteroatoms. The van der Waals surface area contributed by atoms with Gasteiger partial charge in [-0.05, 0) is 25.0 Å². The van der Waals surface area contributed by atoms with Crippen LogP contribution in [0.4, 0.5) is 16.5 Å². The van der Waals surface area contributed by atoms with E-state index < -0.39 is 10.8 Å². The van der Waals surface area contributed by atoms with E-state index in [0.29, 0.717) is 16.6 Å². The highest BCUT2D eigenvalue weighted by molar-refractivity contribution is 8.01. The number of benzene rings is 1. The Morgan fingerprint density at radius 3 is 2.75 bits per heavy atom. The number of rotatable bonds is 7. The molecule has 1 fully saturated rings. The van der Waals surface area contributed by atoms with Crippen molar-refractivity contribution in [3.05, 3.63) is 46.5 Å². The largest absolute Gasteiger partial charge is 0.366 e. The Morgan fingerprint density at radius 1 is 1.32 bits per heavy atom. The van der Waals surface area contributed by atoms with Gasteiger partial charge in [-0.25, -0.2) is 0 Å². The van der Waals surface area contributed by atoms with Gasteiger partial charge < -0.3 is 4.90 Å². The molecule has 1 aromatic heterocycles. The van der Waals surface area contributed by atoms with Gasteiger partial charge in [0.1, 0.15) is 5.69 Å². The van der Waals surface area contributed by atoms with Crippen molar-refractivity contribution >= 4 is 45.5 Å². The number of hydrogen-bond acceptors (Lipinski definition) is 8. The first-order valence-electron chi connectivity index (χ1n) is 9.00. The molecule has 28 heavy (non-hydrogen) atoms. The molecule has 0 aliphatic carbocycles. The third-order valence-electron chi connectivity index (χ3n) is 4.33. The fourth-order valence-electron chi connectivity index (χ4n) is 3.01. The normalized spacial score (nSPS) is 14.4. The zero-order valence-electron chi connectivity index (χ0n) is 15.3. The summed E-state index contributed by atoms with van der Waals surface area (Å²) < 4.78 is 0.720. The highest BCUT2D eigenvalue weighted by Gasteiger charge is 2.23. The number of carbonyl (C=O) groups is 1. The lowest BCUT2D eigenvalue weighted by Gasteiger charge is -2.22. The highest BCUT2D eigenvalue weighted by Crippen LogP contribution is 2.32. The Labute approximate surface area is 171 Å². The lowest BCUT2D eigenvalue weighted by atomic mass is 10.1. The lowest BCUT2D eigenvalue weighted by molar-refractivity contribution is -0.384. The van der Waals surface area contributed by atoms with Crippen LogP contribution in [-0.2, 0) is 0 Å². The number of aromatic nitrogens is 2. The molecule has 1 saturated heterocycles. The second-order valence-electron chi connectivity index (χ2n) is 6.29. The van der Waals surface area contributed by atoms with Crippen LogP contribution in [-0.4, -0.2) is 39.9 Å². The van der Waals surface area contributed by atoms with E-state index in [0.717, 1.165) is 43.1 Å². The van der Waals surface area contributed by atoms with Crippen LogP contribution in [0.5, 0.6) is 0 Å². The van der Waals surface area contributed by atoms with Crippen LogP contribution in [0.1, 0.15) is 36.0 Å². The van der Waals surface area contributed by atoms with Crippen molar-refractivity contribution in [2.24, 2.45) is 0 Å². The van der Waals surface area contributed by atoms with Gasteiger partial charge in [0.2, 0.25) is 5.13 Å². The molecular formula is C18H21N5O3S2. The first-order valence-corrected chi connectivity index (χ1v) is 10.8. The monoisotopic (exact) mass is 419 g/mol. The van der Waals surface area contributed by atoms with Crippen molar-refractivity contribution in [3.8, 4) is 0 Å². The lowest BCUT2D eigenvalue weighted by Crippen LogP contribution is -2.25. The number of amides is 1. The summed E-state index contributed by atoms with van der Waals surface area (Å²) in [6, 6.07) is 4.63. The Bertz CT molecular complexity index is 863. The summed E-state index contributed by atoms with van der Waals surface area (Å²) in [6.45, 7) is 5.23. The number of nitro groups is 1.